The third-order valence-electron chi connectivity index (χ3n) is 3.18. The van der Waals surface area contributed by atoms with Gasteiger partial charge in [0.25, 0.3) is 0 Å². The van der Waals surface area contributed by atoms with Gasteiger partial charge in [0.05, 0.1) is 6.61 Å². The Morgan fingerprint density at radius 1 is 1.42 bits per heavy atom. The molecule has 0 bridgehead atoms. The Hall–Kier alpha value is -1.14. The fraction of sp³-hybridized carbons (Fsp3) is 0.750. The van der Waals surface area contributed by atoms with Crippen LogP contribution in [0.3, 0.4) is 0 Å². The minimum absolute atomic E-state index is 0.154. The Bertz CT molecular complexity index is 419. The first-order valence-electron chi connectivity index (χ1n) is 6.66. The second-order valence-electron chi connectivity index (χ2n) is 4.48. The molecule has 1 N–H and O–H groups in total. The number of nitrogens with zero attached hydrogens (tertiary/aromatic N) is 4. The minimum Gasteiger partial charge on any atom is -0.464 e. The number of hydrogen-bond donors (Lipinski definition) is 1. The molecule has 2 rings (SSSR count). The van der Waals surface area contributed by atoms with Crippen LogP contribution in [0.5, 0.6) is 6.01 Å². The number of anilines is 1. The molecule has 1 aliphatic heterocycles. The maximum absolute atomic E-state index is 8.94. The predicted octanol–water partition coefficient (Wildman–Crippen LogP) is 1.66. The molecule has 1 unspecified atom stereocenters. The summed E-state index contributed by atoms with van der Waals surface area (Å²) >= 11 is 5.91. The molecule has 0 aliphatic carbocycles. The summed E-state index contributed by atoms with van der Waals surface area (Å²) < 4.78 is 5.29. The fourth-order valence-corrected chi connectivity index (χ4v) is 2.52. The average Bonchev–Trinajstić information content (AvgIpc) is 2.84. The maximum atomic E-state index is 8.94. The monoisotopic (exact) mass is 286 g/mol. The van der Waals surface area contributed by atoms with Gasteiger partial charge in [0.2, 0.25) is 11.2 Å². The summed E-state index contributed by atoms with van der Waals surface area (Å²) in [7, 11) is 0. The van der Waals surface area contributed by atoms with Gasteiger partial charge < -0.3 is 14.7 Å². The normalized spacial score (nSPS) is 18.9. The summed E-state index contributed by atoms with van der Waals surface area (Å²) in [5.74, 6) is 0.573. The molecule has 1 aromatic rings. The molecule has 0 spiro atoms. The Balaban J connectivity index is 2.15. The zero-order valence-electron chi connectivity index (χ0n) is 11.0. The minimum atomic E-state index is 0.154. The first kappa shape index (κ1) is 14.3. The molecular weight excluding hydrogens is 268 g/mol. The van der Waals surface area contributed by atoms with E-state index in [2.05, 4.69) is 19.9 Å². The molecule has 6 nitrogen and oxygen atoms in total. The average molecular weight is 287 g/mol. The molecule has 19 heavy (non-hydrogen) atoms. The summed E-state index contributed by atoms with van der Waals surface area (Å²) in [6.07, 6.45) is 3.92. The van der Waals surface area contributed by atoms with Crippen LogP contribution in [0.4, 0.5) is 5.95 Å². The zero-order chi connectivity index (χ0) is 13.7. The highest BCUT2D eigenvalue weighted by atomic mass is 35.5. The molecule has 0 saturated carbocycles. The van der Waals surface area contributed by atoms with Crippen LogP contribution in [0.1, 0.15) is 32.6 Å². The first-order chi connectivity index (χ1) is 9.24. The van der Waals surface area contributed by atoms with Crippen LogP contribution in [-0.2, 0) is 0 Å². The van der Waals surface area contributed by atoms with Crippen LogP contribution in [0, 0.1) is 0 Å². The van der Waals surface area contributed by atoms with Crippen LogP contribution >= 0.6 is 11.6 Å². The van der Waals surface area contributed by atoms with Crippen LogP contribution < -0.4 is 9.64 Å². The standard InChI is InChI=1S/C12H19ClN4O2/c1-2-19-12-15-10(13)14-11(16-12)17-7-3-5-9(17)6-4-8-18/h9,18H,2-8H2,1H3. The van der Waals surface area contributed by atoms with Crippen LogP contribution in [0.15, 0.2) is 0 Å². The Labute approximate surface area is 117 Å². The summed E-state index contributed by atoms with van der Waals surface area (Å²) in [6, 6.07) is 0.630. The Morgan fingerprint density at radius 2 is 2.26 bits per heavy atom. The van der Waals surface area contributed by atoms with E-state index in [9.17, 15) is 0 Å². The van der Waals surface area contributed by atoms with Crippen molar-refractivity contribution in [2.75, 3.05) is 24.7 Å². The van der Waals surface area contributed by atoms with Gasteiger partial charge in [-0.05, 0) is 44.2 Å². The van der Waals surface area contributed by atoms with Crippen molar-refractivity contribution in [3.63, 3.8) is 0 Å². The fourth-order valence-electron chi connectivity index (χ4n) is 2.37. The molecule has 1 aromatic heterocycles. The van der Waals surface area contributed by atoms with Crippen LogP contribution in [0.25, 0.3) is 0 Å². The quantitative estimate of drug-likeness (QED) is 0.858. The van der Waals surface area contributed by atoms with Crippen molar-refractivity contribution in [2.45, 2.75) is 38.6 Å². The number of rotatable bonds is 6. The van der Waals surface area contributed by atoms with Crippen molar-refractivity contribution in [3.8, 4) is 6.01 Å². The van der Waals surface area contributed by atoms with Gasteiger partial charge in [-0.25, -0.2) is 0 Å². The highest BCUT2D eigenvalue weighted by molar-refractivity contribution is 6.28. The molecular formula is C12H19ClN4O2. The van der Waals surface area contributed by atoms with Gasteiger partial charge in [-0.1, -0.05) is 0 Å². The first-order valence-corrected chi connectivity index (χ1v) is 7.04. The predicted molar refractivity (Wildman–Crippen MR) is 72.7 cm³/mol. The summed E-state index contributed by atoms with van der Waals surface area (Å²) in [5, 5.41) is 9.09. The van der Waals surface area contributed by atoms with E-state index in [0.717, 1.165) is 32.2 Å². The molecule has 1 aliphatic rings. The molecule has 7 heteroatoms. The molecule has 0 amide bonds. The zero-order valence-corrected chi connectivity index (χ0v) is 11.8. The number of aliphatic hydroxyl groups excluding tert-OH is 1. The van der Waals surface area contributed by atoms with Gasteiger partial charge in [-0.15, -0.1) is 0 Å². The third-order valence-corrected chi connectivity index (χ3v) is 3.35. The largest absolute Gasteiger partial charge is 0.464 e. The number of halogens is 1. The third kappa shape index (κ3) is 3.67. The van der Waals surface area contributed by atoms with E-state index in [4.69, 9.17) is 21.4 Å². The SMILES string of the molecule is CCOc1nc(Cl)nc(N2CCCC2CCCO)n1. The van der Waals surface area contributed by atoms with Crippen molar-refractivity contribution in [1.29, 1.82) is 0 Å². The topological polar surface area (TPSA) is 71.4 Å². The lowest BCUT2D eigenvalue weighted by Crippen LogP contribution is -2.31. The number of ether oxygens (including phenoxy) is 1. The summed E-state index contributed by atoms with van der Waals surface area (Å²) in [4.78, 5) is 14.5. The van der Waals surface area contributed by atoms with E-state index in [-0.39, 0.29) is 17.9 Å². The Kier molecular flexibility index (Phi) is 5.15. The number of hydrogen-bond acceptors (Lipinski definition) is 6. The lowest BCUT2D eigenvalue weighted by atomic mass is 10.1. The molecule has 1 saturated heterocycles. The van der Waals surface area contributed by atoms with E-state index in [0.29, 0.717) is 18.6 Å². The molecule has 1 fully saturated rings. The van der Waals surface area contributed by atoms with Gasteiger partial charge >= 0.3 is 6.01 Å². The number of aromatic nitrogens is 3. The summed E-state index contributed by atoms with van der Waals surface area (Å²) in [6.45, 7) is 3.49. The molecule has 0 radical (unpaired) electrons. The van der Waals surface area contributed by atoms with Crippen LogP contribution in [0.2, 0.25) is 5.28 Å². The molecule has 1 atom stereocenters. The van der Waals surface area contributed by atoms with E-state index in [1.807, 2.05) is 6.92 Å². The van der Waals surface area contributed by atoms with E-state index in [1.165, 1.54) is 0 Å². The van der Waals surface area contributed by atoms with Gasteiger partial charge in [0.15, 0.2) is 0 Å². The highest BCUT2D eigenvalue weighted by Crippen LogP contribution is 2.26. The van der Waals surface area contributed by atoms with Crippen molar-refractivity contribution >= 4 is 17.5 Å². The van der Waals surface area contributed by atoms with Crippen molar-refractivity contribution < 1.29 is 9.84 Å². The van der Waals surface area contributed by atoms with Gasteiger partial charge in [-0.3, -0.25) is 0 Å². The smallest absolute Gasteiger partial charge is 0.322 e. The van der Waals surface area contributed by atoms with E-state index < -0.39 is 0 Å². The lowest BCUT2D eigenvalue weighted by Gasteiger charge is -2.24. The van der Waals surface area contributed by atoms with E-state index in [1.54, 1.807) is 0 Å². The second kappa shape index (κ2) is 6.86. The van der Waals surface area contributed by atoms with Gasteiger partial charge in [0.1, 0.15) is 0 Å². The molecule has 0 aromatic carbocycles. The van der Waals surface area contributed by atoms with Gasteiger partial charge in [0, 0.05) is 19.2 Å². The lowest BCUT2D eigenvalue weighted by molar-refractivity contribution is 0.279. The highest BCUT2D eigenvalue weighted by Gasteiger charge is 2.27. The Morgan fingerprint density at radius 3 is 3.00 bits per heavy atom. The maximum Gasteiger partial charge on any atom is 0.322 e. The number of aliphatic hydroxyl groups is 1. The molecule has 2 heterocycles. The molecule has 106 valence electrons. The van der Waals surface area contributed by atoms with Crippen molar-refractivity contribution in [3.05, 3.63) is 5.28 Å². The van der Waals surface area contributed by atoms with Crippen molar-refractivity contribution in [2.24, 2.45) is 0 Å². The second-order valence-corrected chi connectivity index (χ2v) is 4.81. The summed E-state index contributed by atoms with van der Waals surface area (Å²) in [5.41, 5.74) is 0. The van der Waals surface area contributed by atoms with Crippen LogP contribution in [-0.4, -0.2) is 45.9 Å². The van der Waals surface area contributed by atoms with Crippen molar-refractivity contribution in [1.82, 2.24) is 15.0 Å². The van der Waals surface area contributed by atoms with Gasteiger partial charge in [-0.2, -0.15) is 15.0 Å². The van der Waals surface area contributed by atoms with E-state index >= 15 is 0 Å².